The highest BCUT2D eigenvalue weighted by atomic mass is 16.3. The molecule has 0 aromatic carbocycles. The first kappa shape index (κ1) is 20.9. The summed E-state index contributed by atoms with van der Waals surface area (Å²) in [6.45, 7) is 4.37. The lowest BCUT2D eigenvalue weighted by atomic mass is 9.72. The van der Waals surface area contributed by atoms with E-state index in [4.69, 9.17) is 4.42 Å². The number of oxazole rings is 1. The summed E-state index contributed by atoms with van der Waals surface area (Å²) in [6.07, 6.45) is 10.9. The molecule has 1 spiro atoms. The summed E-state index contributed by atoms with van der Waals surface area (Å²) in [6, 6.07) is 7.61. The van der Waals surface area contributed by atoms with Crippen molar-refractivity contribution in [2.45, 2.75) is 19.3 Å². The van der Waals surface area contributed by atoms with E-state index in [1.807, 2.05) is 18.2 Å². The Morgan fingerprint density at radius 1 is 1.06 bits per heavy atom. The van der Waals surface area contributed by atoms with Gasteiger partial charge in [-0.25, -0.2) is 9.97 Å². The third kappa shape index (κ3) is 3.94. The molecule has 34 heavy (non-hydrogen) atoms. The van der Waals surface area contributed by atoms with Gasteiger partial charge >= 0.3 is 0 Å². The van der Waals surface area contributed by atoms with Gasteiger partial charge in [-0.05, 0) is 57.2 Å². The Bertz CT molecular complexity index is 1340. The van der Waals surface area contributed by atoms with Gasteiger partial charge in [0.15, 0.2) is 17.9 Å². The molecule has 6 heterocycles. The summed E-state index contributed by atoms with van der Waals surface area (Å²) in [4.78, 5) is 35.2. The van der Waals surface area contributed by atoms with E-state index in [9.17, 15) is 4.79 Å². The molecular weight excluding hydrogens is 428 g/mol. The minimum absolute atomic E-state index is 0.0318. The Balaban J connectivity index is 1.16. The largest absolute Gasteiger partial charge is 0.443 e. The fraction of sp³-hybridized carbons (Fsp3) is 0.346. The minimum Gasteiger partial charge on any atom is -0.443 e. The highest BCUT2D eigenvalue weighted by molar-refractivity contribution is 5.98. The first-order valence-corrected chi connectivity index (χ1v) is 11.6. The third-order valence-electron chi connectivity index (χ3n) is 7.17. The topological polar surface area (TPSA) is 88.2 Å². The summed E-state index contributed by atoms with van der Waals surface area (Å²) in [5.74, 6) is 1.58. The molecule has 4 aromatic rings. The van der Waals surface area contributed by atoms with Crippen LogP contribution in [0.3, 0.4) is 0 Å². The van der Waals surface area contributed by atoms with Crippen LogP contribution in [0.5, 0.6) is 0 Å². The van der Waals surface area contributed by atoms with Crippen molar-refractivity contribution in [2.24, 2.45) is 5.41 Å². The summed E-state index contributed by atoms with van der Waals surface area (Å²) in [5.41, 5.74) is 3.41. The number of nitrogens with zero attached hydrogens (tertiary/aromatic N) is 6. The van der Waals surface area contributed by atoms with E-state index in [2.05, 4.69) is 36.8 Å². The number of aromatic nitrogens is 4. The monoisotopic (exact) mass is 454 g/mol. The van der Waals surface area contributed by atoms with Crippen molar-refractivity contribution in [1.29, 1.82) is 0 Å². The van der Waals surface area contributed by atoms with Crippen molar-refractivity contribution < 1.29 is 9.21 Å². The van der Waals surface area contributed by atoms with Gasteiger partial charge in [-0.2, -0.15) is 0 Å². The van der Waals surface area contributed by atoms with Crippen LogP contribution in [0, 0.1) is 5.41 Å². The number of piperidine rings is 1. The van der Waals surface area contributed by atoms with E-state index in [1.54, 1.807) is 30.9 Å². The molecule has 4 aromatic heterocycles. The van der Waals surface area contributed by atoms with Crippen LogP contribution in [0.15, 0.2) is 59.9 Å². The lowest BCUT2D eigenvalue weighted by Crippen LogP contribution is -2.60. The molecule has 0 atom stereocenters. The molecule has 8 heteroatoms. The number of likely N-dealkylation sites (tertiary alicyclic amines) is 1. The number of rotatable bonds is 5. The first-order chi connectivity index (χ1) is 16.6. The predicted octanol–water partition coefficient (Wildman–Crippen LogP) is 3.64. The fourth-order valence-corrected chi connectivity index (χ4v) is 5.03. The van der Waals surface area contributed by atoms with Gasteiger partial charge in [0.2, 0.25) is 0 Å². The van der Waals surface area contributed by atoms with Crippen LogP contribution in [0.25, 0.3) is 22.2 Å². The van der Waals surface area contributed by atoms with Crippen LogP contribution in [-0.4, -0.2) is 63.8 Å². The number of Topliss-reactive ketones (excluding diaryl/α,β-unsaturated/α-hetero) is 1. The normalized spacial score (nSPS) is 17.7. The molecule has 2 fully saturated rings. The number of anilines is 1. The van der Waals surface area contributed by atoms with Crippen LogP contribution in [-0.2, 0) is 6.42 Å². The lowest BCUT2D eigenvalue weighted by molar-refractivity contribution is 0.0900. The molecule has 0 aliphatic carbocycles. The summed E-state index contributed by atoms with van der Waals surface area (Å²) in [7, 11) is 2.19. The van der Waals surface area contributed by atoms with Gasteiger partial charge in [0.25, 0.3) is 0 Å². The van der Waals surface area contributed by atoms with Crippen molar-refractivity contribution in [3.63, 3.8) is 0 Å². The van der Waals surface area contributed by atoms with Crippen LogP contribution >= 0.6 is 0 Å². The van der Waals surface area contributed by atoms with E-state index >= 15 is 0 Å². The number of hydrogen-bond acceptors (Lipinski definition) is 8. The number of carbonyl (C=O) groups excluding carboxylic acids is 1. The SMILES string of the molecule is CN1CCC2(CC1)CN(c1cc(C(=O)Cc3cc4cc(-c5cnco5)cnc4cn3)ccn1)C2. The van der Waals surface area contributed by atoms with Gasteiger partial charge in [0, 0.05) is 53.1 Å². The van der Waals surface area contributed by atoms with Crippen molar-refractivity contribution in [3.8, 4) is 11.3 Å². The number of pyridine rings is 3. The molecule has 0 amide bonds. The van der Waals surface area contributed by atoms with Gasteiger partial charge in [-0.15, -0.1) is 0 Å². The van der Waals surface area contributed by atoms with Crippen LogP contribution in [0.1, 0.15) is 28.9 Å². The van der Waals surface area contributed by atoms with Gasteiger partial charge in [0.1, 0.15) is 5.82 Å². The molecule has 2 aliphatic rings. The van der Waals surface area contributed by atoms with Crippen LogP contribution in [0.2, 0.25) is 0 Å². The second-order valence-corrected chi connectivity index (χ2v) is 9.62. The molecule has 0 saturated carbocycles. The molecule has 0 bridgehead atoms. The molecular formula is C26H26N6O2. The quantitative estimate of drug-likeness (QED) is 0.423. The Labute approximate surface area is 197 Å². The Hall–Kier alpha value is -3.65. The van der Waals surface area contributed by atoms with Crippen molar-refractivity contribution in [1.82, 2.24) is 24.8 Å². The van der Waals surface area contributed by atoms with E-state index in [0.29, 0.717) is 22.4 Å². The Kier molecular flexibility index (Phi) is 5.10. The van der Waals surface area contributed by atoms with Crippen LogP contribution < -0.4 is 4.90 Å². The molecule has 2 aliphatic heterocycles. The average Bonchev–Trinajstić information content (AvgIpc) is 3.38. The zero-order valence-corrected chi connectivity index (χ0v) is 19.1. The second-order valence-electron chi connectivity index (χ2n) is 9.62. The Morgan fingerprint density at radius 3 is 2.71 bits per heavy atom. The molecule has 0 radical (unpaired) electrons. The van der Waals surface area contributed by atoms with Crippen LogP contribution in [0.4, 0.5) is 5.82 Å². The maximum atomic E-state index is 13.1. The Morgan fingerprint density at radius 2 is 1.91 bits per heavy atom. The van der Waals surface area contributed by atoms with E-state index in [1.165, 1.54) is 19.2 Å². The highest BCUT2D eigenvalue weighted by Crippen LogP contribution is 2.41. The number of carbonyl (C=O) groups is 1. The van der Waals surface area contributed by atoms with E-state index in [-0.39, 0.29) is 12.2 Å². The lowest BCUT2D eigenvalue weighted by Gasteiger charge is -2.54. The van der Waals surface area contributed by atoms with Crippen molar-refractivity contribution in [2.75, 3.05) is 38.1 Å². The van der Waals surface area contributed by atoms with Gasteiger partial charge in [-0.1, -0.05) is 0 Å². The maximum absolute atomic E-state index is 13.1. The molecule has 0 unspecified atom stereocenters. The number of hydrogen-bond donors (Lipinski definition) is 0. The smallest absolute Gasteiger partial charge is 0.181 e. The molecule has 2 saturated heterocycles. The summed E-state index contributed by atoms with van der Waals surface area (Å²) in [5, 5.41) is 0.908. The zero-order chi connectivity index (χ0) is 23.1. The highest BCUT2D eigenvalue weighted by Gasteiger charge is 2.44. The van der Waals surface area contributed by atoms with E-state index in [0.717, 1.165) is 48.5 Å². The van der Waals surface area contributed by atoms with E-state index < -0.39 is 0 Å². The minimum atomic E-state index is 0.0318. The van der Waals surface area contributed by atoms with Gasteiger partial charge in [-0.3, -0.25) is 14.8 Å². The predicted molar refractivity (Wildman–Crippen MR) is 129 cm³/mol. The molecule has 6 rings (SSSR count). The van der Waals surface area contributed by atoms with Gasteiger partial charge in [0.05, 0.1) is 24.3 Å². The number of fused-ring (bicyclic) bond motifs is 1. The third-order valence-corrected chi connectivity index (χ3v) is 7.17. The molecule has 172 valence electrons. The first-order valence-electron chi connectivity index (χ1n) is 11.6. The van der Waals surface area contributed by atoms with Crippen molar-refractivity contribution in [3.05, 3.63) is 66.7 Å². The fourth-order valence-electron chi connectivity index (χ4n) is 5.03. The number of ketones is 1. The second kappa shape index (κ2) is 8.29. The maximum Gasteiger partial charge on any atom is 0.181 e. The standard InChI is InChI=1S/C26H26N6O2/c1-31-6-3-26(4-7-31)15-32(16-26)25-10-18(2-5-28-25)23(33)11-21-9-19-8-20(24-14-27-17-34-24)12-30-22(19)13-29-21/h2,5,8-10,12-14,17H,3-4,6-7,11,15-16H2,1H3. The van der Waals surface area contributed by atoms with Gasteiger partial charge < -0.3 is 14.2 Å². The summed E-state index contributed by atoms with van der Waals surface area (Å²) >= 11 is 0. The average molecular weight is 455 g/mol. The van der Waals surface area contributed by atoms with Crippen molar-refractivity contribution >= 4 is 22.5 Å². The molecule has 8 nitrogen and oxygen atoms in total. The molecule has 0 N–H and O–H groups in total. The summed E-state index contributed by atoms with van der Waals surface area (Å²) < 4.78 is 5.37. The zero-order valence-electron chi connectivity index (χ0n) is 19.1.